The maximum absolute atomic E-state index is 9.52. The molecule has 1 atom stereocenters. The summed E-state index contributed by atoms with van der Waals surface area (Å²) in [5.74, 6) is 0.655. The molecule has 0 fully saturated rings. The quantitative estimate of drug-likeness (QED) is 0.749. The second-order valence-electron chi connectivity index (χ2n) is 3.50. The number of hydrogen-bond donors (Lipinski definition) is 1. The Morgan fingerprint density at radius 2 is 2.19 bits per heavy atom. The number of aliphatic hydroxyl groups is 1. The van der Waals surface area contributed by atoms with E-state index in [1.165, 1.54) is 0 Å². The molecule has 0 saturated heterocycles. The molecule has 4 heteroatoms. The highest BCUT2D eigenvalue weighted by Gasteiger charge is 2.05. The van der Waals surface area contributed by atoms with E-state index < -0.39 is 6.10 Å². The lowest BCUT2D eigenvalue weighted by Crippen LogP contribution is -2.23. The van der Waals surface area contributed by atoms with Crippen LogP contribution in [0.4, 0.5) is 0 Å². The molecule has 0 aliphatic rings. The molecule has 0 aliphatic heterocycles. The van der Waals surface area contributed by atoms with Crippen LogP contribution >= 0.6 is 11.6 Å². The molecule has 90 valence electrons. The molecule has 0 heterocycles. The van der Waals surface area contributed by atoms with Gasteiger partial charge >= 0.3 is 0 Å². The molecule has 1 rings (SSSR count). The van der Waals surface area contributed by atoms with Crippen molar-refractivity contribution in [2.45, 2.75) is 19.4 Å². The van der Waals surface area contributed by atoms with E-state index in [2.05, 4.69) is 0 Å². The summed E-state index contributed by atoms with van der Waals surface area (Å²) in [5, 5.41) is 10.1. The zero-order chi connectivity index (χ0) is 11.8. The maximum atomic E-state index is 9.52. The second kappa shape index (κ2) is 7.49. The summed E-state index contributed by atoms with van der Waals surface area (Å²) in [6.45, 7) is 3.20. The Morgan fingerprint density at radius 3 is 2.88 bits per heavy atom. The Balaban J connectivity index is 2.23. The summed E-state index contributed by atoms with van der Waals surface area (Å²) >= 11 is 5.80. The van der Waals surface area contributed by atoms with E-state index in [0.717, 1.165) is 6.42 Å². The number of hydrogen-bond acceptors (Lipinski definition) is 3. The van der Waals surface area contributed by atoms with Crippen LogP contribution in [0, 0.1) is 0 Å². The number of aliphatic hydroxyl groups excluding tert-OH is 1. The molecule has 3 nitrogen and oxygen atoms in total. The minimum Gasteiger partial charge on any atom is -0.491 e. The number of rotatable bonds is 7. The Kier molecular flexibility index (Phi) is 6.23. The SMILES string of the molecule is CCCOCC(O)COc1cccc(Cl)c1. The summed E-state index contributed by atoms with van der Waals surface area (Å²) in [4.78, 5) is 0. The molecule has 1 aromatic rings. The lowest BCUT2D eigenvalue weighted by molar-refractivity contribution is 0.0123. The molecule has 0 aromatic heterocycles. The molecule has 1 aromatic carbocycles. The van der Waals surface area contributed by atoms with Crippen LogP contribution in [0.2, 0.25) is 5.02 Å². The van der Waals surface area contributed by atoms with Crippen LogP contribution in [-0.4, -0.2) is 31.0 Å². The topological polar surface area (TPSA) is 38.7 Å². The summed E-state index contributed by atoms with van der Waals surface area (Å²) in [7, 11) is 0. The van der Waals surface area contributed by atoms with Crippen LogP contribution in [0.25, 0.3) is 0 Å². The van der Waals surface area contributed by atoms with Crippen molar-refractivity contribution in [2.24, 2.45) is 0 Å². The second-order valence-corrected chi connectivity index (χ2v) is 3.93. The van der Waals surface area contributed by atoms with Crippen LogP contribution in [0.5, 0.6) is 5.75 Å². The Morgan fingerprint density at radius 1 is 1.38 bits per heavy atom. The molecule has 16 heavy (non-hydrogen) atoms. The third-order valence-electron chi connectivity index (χ3n) is 1.90. The van der Waals surface area contributed by atoms with E-state index in [9.17, 15) is 5.11 Å². The first-order valence-corrected chi connectivity index (χ1v) is 5.74. The molecule has 0 amide bonds. The molecule has 1 unspecified atom stereocenters. The van der Waals surface area contributed by atoms with Crippen LogP contribution in [0.1, 0.15) is 13.3 Å². The first-order chi connectivity index (χ1) is 7.72. The molecule has 1 N–H and O–H groups in total. The minimum atomic E-state index is -0.606. The van der Waals surface area contributed by atoms with Gasteiger partial charge in [0.2, 0.25) is 0 Å². The first kappa shape index (κ1) is 13.3. The van der Waals surface area contributed by atoms with E-state index in [1.807, 2.05) is 6.92 Å². The lowest BCUT2D eigenvalue weighted by atomic mass is 10.3. The average molecular weight is 245 g/mol. The molecule has 0 spiro atoms. The fourth-order valence-electron chi connectivity index (χ4n) is 1.16. The van der Waals surface area contributed by atoms with Gasteiger partial charge in [-0.15, -0.1) is 0 Å². The monoisotopic (exact) mass is 244 g/mol. The normalized spacial score (nSPS) is 12.4. The van der Waals surface area contributed by atoms with Crippen LogP contribution in [0.15, 0.2) is 24.3 Å². The zero-order valence-corrected chi connectivity index (χ0v) is 10.1. The molecular weight excluding hydrogens is 228 g/mol. The van der Waals surface area contributed by atoms with E-state index in [4.69, 9.17) is 21.1 Å². The van der Waals surface area contributed by atoms with Crippen LogP contribution < -0.4 is 4.74 Å². The fourth-order valence-corrected chi connectivity index (χ4v) is 1.34. The molecular formula is C12H17ClO3. The summed E-state index contributed by atoms with van der Waals surface area (Å²) in [6, 6.07) is 7.08. The Labute approximate surface area is 101 Å². The molecule has 0 bridgehead atoms. The van der Waals surface area contributed by atoms with Gasteiger partial charge < -0.3 is 14.6 Å². The van der Waals surface area contributed by atoms with Crippen molar-refractivity contribution in [3.63, 3.8) is 0 Å². The van der Waals surface area contributed by atoms with Gasteiger partial charge in [-0.2, -0.15) is 0 Å². The summed E-state index contributed by atoms with van der Waals surface area (Å²) in [6.07, 6.45) is 0.340. The van der Waals surface area contributed by atoms with Crippen molar-refractivity contribution in [1.82, 2.24) is 0 Å². The van der Waals surface area contributed by atoms with Crippen molar-refractivity contribution < 1.29 is 14.6 Å². The van der Waals surface area contributed by atoms with Gasteiger partial charge in [0.1, 0.15) is 18.5 Å². The summed E-state index contributed by atoms with van der Waals surface area (Å²) in [5.41, 5.74) is 0. The Hall–Kier alpha value is -0.770. The van der Waals surface area contributed by atoms with Gasteiger partial charge in [0, 0.05) is 11.6 Å². The van der Waals surface area contributed by atoms with E-state index in [0.29, 0.717) is 24.0 Å². The number of benzene rings is 1. The van der Waals surface area contributed by atoms with Crippen molar-refractivity contribution in [1.29, 1.82) is 0 Å². The number of halogens is 1. The highest BCUT2D eigenvalue weighted by Crippen LogP contribution is 2.17. The number of ether oxygens (including phenoxy) is 2. The van der Waals surface area contributed by atoms with E-state index in [-0.39, 0.29) is 6.61 Å². The smallest absolute Gasteiger partial charge is 0.120 e. The highest BCUT2D eigenvalue weighted by molar-refractivity contribution is 6.30. The molecule has 0 aliphatic carbocycles. The van der Waals surface area contributed by atoms with E-state index >= 15 is 0 Å². The summed E-state index contributed by atoms with van der Waals surface area (Å²) < 4.78 is 10.6. The van der Waals surface area contributed by atoms with Gasteiger partial charge in [0.05, 0.1) is 6.61 Å². The van der Waals surface area contributed by atoms with Gasteiger partial charge in [-0.3, -0.25) is 0 Å². The predicted molar refractivity (Wildman–Crippen MR) is 64.1 cm³/mol. The van der Waals surface area contributed by atoms with Gasteiger partial charge in [0.25, 0.3) is 0 Å². The maximum Gasteiger partial charge on any atom is 0.120 e. The average Bonchev–Trinajstić information content (AvgIpc) is 2.27. The van der Waals surface area contributed by atoms with E-state index in [1.54, 1.807) is 24.3 Å². The molecule has 0 radical (unpaired) electrons. The lowest BCUT2D eigenvalue weighted by Gasteiger charge is -2.12. The van der Waals surface area contributed by atoms with Crippen molar-refractivity contribution in [3.05, 3.63) is 29.3 Å². The predicted octanol–water partition coefficient (Wildman–Crippen LogP) is 2.51. The van der Waals surface area contributed by atoms with Gasteiger partial charge in [-0.05, 0) is 24.6 Å². The van der Waals surface area contributed by atoms with Gasteiger partial charge in [0.15, 0.2) is 0 Å². The molecule has 0 saturated carbocycles. The van der Waals surface area contributed by atoms with Crippen molar-refractivity contribution in [2.75, 3.05) is 19.8 Å². The Bertz CT molecular complexity index is 304. The van der Waals surface area contributed by atoms with Crippen molar-refractivity contribution >= 4 is 11.6 Å². The van der Waals surface area contributed by atoms with Crippen LogP contribution in [-0.2, 0) is 4.74 Å². The van der Waals surface area contributed by atoms with Gasteiger partial charge in [-0.1, -0.05) is 24.6 Å². The first-order valence-electron chi connectivity index (χ1n) is 5.36. The third kappa shape index (κ3) is 5.35. The van der Waals surface area contributed by atoms with Crippen molar-refractivity contribution in [3.8, 4) is 5.75 Å². The fraction of sp³-hybridized carbons (Fsp3) is 0.500. The van der Waals surface area contributed by atoms with Gasteiger partial charge in [-0.25, -0.2) is 0 Å². The standard InChI is InChI=1S/C12H17ClO3/c1-2-6-15-8-11(14)9-16-12-5-3-4-10(13)7-12/h3-5,7,11,14H,2,6,8-9H2,1H3. The van der Waals surface area contributed by atoms with Crippen LogP contribution in [0.3, 0.4) is 0 Å². The highest BCUT2D eigenvalue weighted by atomic mass is 35.5. The third-order valence-corrected chi connectivity index (χ3v) is 2.13. The minimum absolute atomic E-state index is 0.212. The zero-order valence-electron chi connectivity index (χ0n) is 9.36. The largest absolute Gasteiger partial charge is 0.491 e.